The summed E-state index contributed by atoms with van der Waals surface area (Å²) < 4.78 is 6.21. The minimum absolute atomic E-state index is 0.827. The molecule has 2 aromatic carbocycles. The first kappa shape index (κ1) is 15.2. The van der Waals surface area contributed by atoms with Gasteiger partial charge in [0.05, 0.1) is 5.56 Å². The van der Waals surface area contributed by atoms with E-state index in [0.717, 1.165) is 61.2 Å². The number of fused-ring (bicyclic) bond motifs is 2. The Morgan fingerprint density at radius 1 is 0.958 bits per heavy atom. The normalized spacial score (nSPS) is 17.1. The Hall–Kier alpha value is -2.33. The molecule has 0 saturated carbocycles. The van der Waals surface area contributed by atoms with Gasteiger partial charge in [0, 0.05) is 19.6 Å². The fraction of sp³-hybridized carbons (Fsp3) is 0.350. The third-order valence-electron chi connectivity index (χ3n) is 4.58. The Kier molecular flexibility index (Phi) is 3.98. The summed E-state index contributed by atoms with van der Waals surface area (Å²) in [5.74, 6) is 2.74. The van der Waals surface area contributed by atoms with Crippen molar-refractivity contribution in [2.45, 2.75) is 20.3 Å². The summed E-state index contributed by atoms with van der Waals surface area (Å²) in [5, 5.41) is 3.47. The highest BCUT2D eigenvalue weighted by Gasteiger charge is 2.23. The second-order valence-electron chi connectivity index (χ2n) is 6.60. The van der Waals surface area contributed by atoms with Gasteiger partial charge in [-0.3, -0.25) is 0 Å². The number of nitrogens with one attached hydrogen (secondary N) is 1. The van der Waals surface area contributed by atoms with Crippen LogP contribution in [0.2, 0.25) is 0 Å². The van der Waals surface area contributed by atoms with Crippen LogP contribution in [0.4, 0.5) is 5.69 Å². The van der Waals surface area contributed by atoms with E-state index in [9.17, 15) is 0 Å². The molecule has 4 heteroatoms. The predicted molar refractivity (Wildman–Crippen MR) is 97.7 cm³/mol. The van der Waals surface area contributed by atoms with Crippen molar-refractivity contribution < 1.29 is 4.74 Å². The van der Waals surface area contributed by atoms with Gasteiger partial charge in [0.1, 0.15) is 17.3 Å². The number of benzene rings is 2. The highest BCUT2D eigenvalue weighted by molar-refractivity contribution is 6.04. The van der Waals surface area contributed by atoms with E-state index in [1.165, 1.54) is 11.1 Å². The Morgan fingerprint density at radius 3 is 2.62 bits per heavy atom. The lowest BCUT2D eigenvalue weighted by Crippen LogP contribution is -2.34. The van der Waals surface area contributed by atoms with Gasteiger partial charge in [-0.15, -0.1) is 0 Å². The fourth-order valence-corrected chi connectivity index (χ4v) is 3.30. The molecule has 1 saturated heterocycles. The van der Waals surface area contributed by atoms with E-state index in [2.05, 4.69) is 54.4 Å². The highest BCUT2D eigenvalue weighted by Crippen LogP contribution is 2.39. The van der Waals surface area contributed by atoms with E-state index in [1.54, 1.807) is 0 Å². The molecule has 1 N–H and O–H groups in total. The second-order valence-corrected chi connectivity index (χ2v) is 6.60. The highest BCUT2D eigenvalue weighted by atomic mass is 16.5. The van der Waals surface area contributed by atoms with Gasteiger partial charge in [-0.25, -0.2) is 4.99 Å². The SMILES string of the molecule is Cc1ccc2c(c1)N=C(N1CCCNCC1)c1cc(C)ccc1O2. The van der Waals surface area contributed by atoms with Crippen LogP contribution in [0.1, 0.15) is 23.1 Å². The molecule has 0 atom stereocenters. The second kappa shape index (κ2) is 6.29. The summed E-state index contributed by atoms with van der Waals surface area (Å²) >= 11 is 0. The Labute approximate surface area is 143 Å². The number of nitrogens with zero attached hydrogens (tertiary/aromatic N) is 2. The maximum absolute atomic E-state index is 6.21. The Balaban J connectivity index is 1.87. The molecule has 0 radical (unpaired) electrons. The van der Waals surface area contributed by atoms with Gasteiger partial charge in [0.15, 0.2) is 5.75 Å². The van der Waals surface area contributed by atoms with Gasteiger partial charge in [0.2, 0.25) is 0 Å². The van der Waals surface area contributed by atoms with E-state index >= 15 is 0 Å². The third-order valence-corrected chi connectivity index (χ3v) is 4.58. The van der Waals surface area contributed by atoms with Crippen molar-refractivity contribution in [2.75, 3.05) is 26.2 Å². The van der Waals surface area contributed by atoms with Crippen LogP contribution in [0.5, 0.6) is 11.5 Å². The first-order valence-electron chi connectivity index (χ1n) is 8.64. The molecule has 0 spiro atoms. The summed E-state index contributed by atoms with van der Waals surface area (Å²) in [6.07, 6.45) is 1.13. The smallest absolute Gasteiger partial charge is 0.153 e. The molecule has 2 aliphatic rings. The maximum Gasteiger partial charge on any atom is 0.153 e. The number of amidine groups is 1. The van der Waals surface area contributed by atoms with E-state index < -0.39 is 0 Å². The largest absolute Gasteiger partial charge is 0.454 e. The molecule has 2 aromatic rings. The van der Waals surface area contributed by atoms with Gasteiger partial charge < -0.3 is 15.0 Å². The summed E-state index contributed by atoms with van der Waals surface area (Å²) in [6, 6.07) is 12.5. The molecule has 0 aromatic heterocycles. The van der Waals surface area contributed by atoms with Gasteiger partial charge in [0.25, 0.3) is 0 Å². The zero-order chi connectivity index (χ0) is 16.5. The first-order chi connectivity index (χ1) is 11.7. The summed E-state index contributed by atoms with van der Waals surface area (Å²) in [6.45, 7) is 8.24. The average Bonchev–Trinajstić information content (AvgIpc) is 2.92. The van der Waals surface area contributed by atoms with Crippen LogP contribution in [-0.4, -0.2) is 36.9 Å². The fourth-order valence-electron chi connectivity index (χ4n) is 3.30. The topological polar surface area (TPSA) is 36.9 Å². The van der Waals surface area contributed by atoms with Crippen LogP contribution in [-0.2, 0) is 0 Å². The van der Waals surface area contributed by atoms with Crippen molar-refractivity contribution in [2.24, 2.45) is 4.99 Å². The molecule has 0 aliphatic carbocycles. The molecule has 2 aliphatic heterocycles. The van der Waals surface area contributed by atoms with E-state index in [-0.39, 0.29) is 0 Å². The number of hydrogen-bond acceptors (Lipinski definition) is 4. The molecule has 2 heterocycles. The minimum atomic E-state index is 0.827. The van der Waals surface area contributed by atoms with Gasteiger partial charge in [-0.05, 0) is 56.6 Å². The molecule has 1 fully saturated rings. The van der Waals surface area contributed by atoms with Crippen molar-refractivity contribution in [3.63, 3.8) is 0 Å². The summed E-state index contributed by atoms with van der Waals surface area (Å²) in [5.41, 5.74) is 4.42. The lowest BCUT2D eigenvalue weighted by molar-refractivity contribution is 0.445. The maximum atomic E-state index is 6.21. The molecule has 4 nitrogen and oxygen atoms in total. The van der Waals surface area contributed by atoms with Crippen molar-refractivity contribution >= 4 is 11.5 Å². The molecule has 24 heavy (non-hydrogen) atoms. The minimum Gasteiger partial charge on any atom is -0.454 e. The molecule has 0 unspecified atom stereocenters. The molecule has 4 rings (SSSR count). The number of aryl methyl sites for hydroxylation is 2. The molecular formula is C20H23N3O. The third kappa shape index (κ3) is 2.89. The van der Waals surface area contributed by atoms with Crippen molar-refractivity contribution in [1.82, 2.24) is 10.2 Å². The lowest BCUT2D eigenvalue weighted by Gasteiger charge is -2.24. The van der Waals surface area contributed by atoms with Crippen LogP contribution in [0.15, 0.2) is 41.4 Å². The first-order valence-corrected chi connectivity index (χ1v) is 8.64. The zero-order valence-corrected chi connectivity index (χ0v) is 14.3. The van der Waals surface area contributed by atoms with E-state index in [0.29, 0.717) is 0 Å². The van der Waals surface area contributed by atoms with Crippen molar-refractivity contribution in [3.05, 3.63) is 53.1 Å². The van der Waals surface area contributed by atoms with E-state index in [1.807, 2.05) is 6.07 Å². The quantitative estimate of drug-likeness (QED) is 0.802. The number of aliphatic imine (C=N–C) groups is 1. The van der Waals surface area contributed by atoms with Crippen LogP contribution in [0.25, 0.3) is 0 Å². The number of hydrogen-bond donors (Lipinski definition) is 1. The number of rotatable bonds is 0. The predicted octanol–water partition coefficient (Wildman–Crippen LogP) is 3.78. The zero-order valence-electron chi connectivity index (χ0n) is 14.3. The molecule has 0 amide bonds. The van der Waals surface area contributed by atoms with Crippen molar-refractivity contribution in [1.29, 1.82) is 0 Å². The van der Waals surface area contributed by atoms with Gasteiger partial charge >= 0.3 is 0 Å². The standard InChI is InChI=1S/C20H23N3O/c1-14-4-6-18-16(12-14)20(23-10-3-8-21-9-11-23)22-17-13-15(2)5-7-19(17)24-18/h4-7,12-13,21H,3,8-11H2,1-2H3. The van der Waals surface area contributed by atoms with Gasteiger partial charge in [-0.1, -0.05) is 17.7 Å². The molecule has 0 bridgehead atoms. The Bertz CT molecular complexity index is 789. The van der Waals surface area contributed by atoms with Crippen LogP contribution >= 0.6 is 0 Å². The summed E-state index contributed by atoms with van der Waals surface area (Å²) in [4.78, 5) is 7.43. The van der Waals surface area contributed by atoms with Crippen LogP contribution in [0.3, 0.4) is 0 Å². The summed E-state index contributed by atoms with van der Waals surface area (Å²) in [7, 11) is 0. The monoisotopic (exact) mass is 321 g/mol. The van der Waals surface area contributed by atoms with Gasteiger partial charge in [-0.2, -0.15) is 0 Å². The molecule has 124 valence electrons. The van der Waals surface area contributed by atoms with E-state index in [4.69, 9.17) is 9.73 Å². The Morgan fingerprint density at radius 2 is 1.75 bits per heavy atom. The van der Waals surface area contributed by atoms with Crippen LogP contribution < -0.4 is 10.1 Å². The van der Waals surface area contributed by atoms with Crippen LogP contribution in [0, 0.1) is 13.8 Å². The van der Waals surface area contributed by atoms with Crippen molar-refractivity contribution in [3.8, 4) is 11.5 Å². The number of ether oxygens (including phenoxy) is 1. The average molecular weight is 321 g/mol. The lowest BCUT2D eigenvalue weighted by atomic mass is 10.1. The molecular weight excluding hydrogens is 298 g/mol.